The summed E-state index contributed by atoms with van der Waals surface area (Å²) >= 11 is 0. The van der Waals surface area contributed by atoms with Crippen molar-refractivity contribution in [3.8, 4) is 23.1 Å². The fourth-order valence-corrected chi connectivity index (χ4v) is 5.46. The Balaban J connectivity index is 1.49. The summed E-state index contributed by atoms with van der Waals surface area (Å²) in [5.74, 6) is 2.07. The van der Waals surface area contributed by atoms with Gasteiger partial charge in [-0.25, -0.2) is 9.37 Å². The zero-order valence-corrected chi connectivity index (χ0v) is 19.7. The van der Waals surface area contributed by atoms with E-state index in [1.54, 1.807) is 12.3 Å². The van der Waals surface area contributed by atoms with Gasteiger partial charge >= 0.3 is 0 Å². The van der Waals surface area contributed by atoms with Gasteiger partial charge < -0.3 is 10.2 Å². The van der Waals surface area contributed by atoms with Crippen molar-refractivity contribution in [2.75, 3.05) is 31.1 Å². The van der Waals surface area contributed by atoms with Gasteiger partial charge in [0.1, 0.15) is 23.5 Å². The molecule has 1 N–H and O–H groups in total. The fraction of sp³-hybridized carbons (Fsp3) is 0.407. The summed E-state index contributed by atoms with van der Waals surface area (Å²) in [6, 6.07) is 10.1. The fourth-order valence-electron chi connectivity index (χ4n) is 5.46. The summed E-state index contributed by atoms with van der Waals surface area (Å²) in [6.07, 6.45) is 5.04. The van der Waals surface area contributed by atoms with Crippen LogP contribution < -0.4 is 15.8 Å². The summed E-state index contributed by atoms with van der Waals surface area (Å²) in [5.41, 5.74) is 2.41. The number of anilines is 1. The smallest absolute Gasteiger partial charge is 0.263 e. The number of aromatic nitrogens is 3. The van der Waals surface area contributed by atoms with E-state index in [9.17, 15) is 14.4 Å². The summed E-state index contributed by atoms with van der Waals surface area (Å²) in [5, 5.41) is 12.7. The average molecular weight is 471 g/mol. The number of nitrogens with one attached hydrogen (secondary N) is 1. The van der Waals surface area contributed by atoms with Crippen LogP contribution in [0.25, 0.3) is 17.1 Å². The molecule has 3 fully saturated rings. The first-order valence-electron chi connectivity index (χ1n) is 12.3. The first kappa shape index (κ1) is 21.9. The van der Waals surface area contributed by atoms with E-state index in [-0.39, 0.29) is 11.1 Å². The second-order valence-electron chi connectivity index (χ2n) is 9.96. The average Bonchev–Trinajstić information content (AvgIpc) is 3.62. The number of hydrogen-bond acceptors (Lipinski definition) is 6. The number of hydrogen-bond donors (Lipinski definition) is 1. The van der Waals surface area contributed by atoms with Gasteiger partial charge in [-0.1, -0.05) is 0 Å². The molecule has 1 aromatic carbocycles. The minimum Gasteiger partial charge on any atom is -0.356 e. The van der Waals surface area contributed by atoms with E-state index in [1.807, 2.05) is 25.1 Å². The Morgan fingerprint density at radius 1 is 1.14 bits per heavy atom. The van der Waals surface area contributed by atoms with Crippen LogP contribution in [0.4, 0.5) is 10.2 Å². The predicted molar refractivity (Wildman–Crippen MR) is 131 cm³/mol. The number of benzene rings is 1. The molecule has 35 heavy (non-hydrogen) atoms. The van der Waals surface area contributed by atoms with E-state index in [4.69, 9.17) is 4.98 Å². The molecule has 7 nitrogen and oxygen atoms in total. The summed E-state index contributed by atoms with van der Waals surface area (Å²) in [7, 11) is 0. The molecule has 6 rings (SSSR count). The molecule has 178 valence electrons. The lowest BCUT2D eigenvalue weighted by atomic mass is 9.88. The molecular formula is C27H27FN6O. The van der Waals surface area contributed by atoms with Crippen molar-refractivity contribution in [2.24, 2.45) is 11.8 Å². The standard InChI is InChI=1S/C27H27FN6O/c1-16-25(33-9-8-20-12-30-13-21(20)15-33)32-26(18-4-5-19(11-29)23(28)10-18)34(27(16)35)22-6-7-24(31-14-22)17-2-3-17/h4-7,10,14,17,20-21,30H,2-3,8-9,12-13,15H2,1H3. The Morgan fingerprint density at radius 3 is 2.69 bits per heavy atom. The second-order valence-corrected chi connectivity index (χ2v) is 9.96. The van der Waals surface area contributed by atoms with Crippen LogP contribution in [-0.2, 0) is 0 Å². The van der Waals surface area contributed by atoms with Gasteiger partial charge in [0.25, 0.3) is 5.56 Å². The lowest BCUT2D eigenvalue weighted by molar-refractivity contribution is 0.347. The van der Waals surface area contributed by atoms with Gasteiger partial charge in [-0.15, -0.1) is 0 Å². The molecule has 3 aromatic rings. The molecule has 2 atom stereocenters. The lowest BCUT2D eigenvalue weighted by Gasteiger charge is -2.36. The highest BCUT2D eigenvalue weighted by Gasteiger charge is 2.34. The monoisotopic (exact) mass is 470 g/mol. The molecule has 1 aliphatic carbocycles. The molecule has 1 saturated carbocycles. The molecular weight excluding hydrogens is 443 g/mol. The van der Waals surface area contributed by atoms with E-state index < -0.39 is 5.82 Å². The van der Waals surface area contributed by atoms with Crippen LogP contribution in [0.1, 0.15) is 42.0 Å². The zero-order valence-electron chi connectivity index (χ0n) is 19.7. The van der Waals surface area contributed by atoms with Gasteiger partial charge in [0, 0.05) is 30.3 Å². The Labute approximate surface area is 203 Å². The van der Waals surface area contributed by atoms with Crippen LogP contribution in [0.5, 0.6) is 0 Å². The highest BCUT2D eigenvalue weighted by molar-refractivity contribution is 5.64. The quantitative estimate of drug-likeness (QED) is 0.628. The molecule has 0 bridgehead atoms. The highest BCUT2D eigenvalue weighted by atomic mass is 19.1. The van der Waals surface area contributed by atoms with E-state index in [0.717, 1.165) is 51.1 Å². The number of pyridine rings is 1. The summed E-state index contributed by atoms with van der Waals surface area (Å²) in [6.45, 7) is 5.51. The SMILES string of the molecule is Cc1c(N2CCC3CNCC3C2)nc(-c2ccc(C#N)c(F)c2)n(-c2ccc(C3CC3)nc2)c1=O. The van der Waals surface area contributed by atoms with Gasteiger partial charge in [0.2, 0.25) is 0 Å². The molecule has 2 aromatic heterocycles. The van der Waals surface area contributed by atoms with Crippen molar-refractivity contribution in [1.29, 1.82) is 5.26 Å². The van der Waals surface area contributed by atoms with Gasteiger partial charge in [-0.3, -0.25) is 14.3 Å². The highest BCUT2D eigenvalue weighted by Crippen LogP contribution is 2.39. The number of halogens is 1. The molecule has 0 radical (unpaired) electrons. The van der Waals surface area contributed by atoms with E-state index in [2.05, 4.69) is 15.2 Å². The van der Waals surface area contributed by atoms with E-state index >= 15 is 0 Å². The van der Waals surface area contributed by atoms with Gasteiger partial charge in [-0.2, -0.15) is 5.26 Å². The van der Waals surface area contributed by atoms with Gasteiger partial charge in [0.15, 0.2) is 0 Å². The number of fused-ring (bicyclic) bond motifs is 1. The van der Waals surface area contributed by atoms with Crippen molar-refractivity contribution in [2.45, 2.75) is 32.1 Å². The Morgan fingerprint density at radius 2 is 1.97 bits per heavy atom. The number of nitrogens with zero attached hydrogens (tertiary/aromatic N) is 5. The topological polar surface area (TPSA) is 86.8 Å². The summed E-state index contributed by atoms with van der Waals surface area (Å²) in [4.78, 5) is 25.6. The van der Waals surface area contributed by atoms with Crippen molar-refractivity contribution in [1.82, 2.24) is 19.9 Å². The van der Waals surface area contributed by atoms with E-state index in [0.29, 0.717) is 46.2 Å². The van der Waals surface area contributed by atoms with E-state index in [1.165, 1.54) is 16.7 Å². The minimum atomic E-state index is -0.632. The first-order valence-corrected chi connectivity index (χ1v) is 12.3. The zero-order chi connectivity index (χ0) is 24.1. The molecule has 4 heterocycles. The third kappa shape index (κ3) is 3.90. The normalized spacial score (nSPS) is 21.6. The predicted octanol–water partition coefficient (Wildman–Crippen LogP) is 3.54. The molecule has 8 heteroatoms. The summed E-state index contributed by atoms with van der Waals surface area (Å²) < 4.78 is 16.2. The maximum atomic E-state index is 14.6. The lowest BCUT2D eigenvalue weighted by Crippen LogP contribution is -2.42. The van der Waals surface area contributed by atoms with Crippen LogP contribution in [0.2, 0.25) is 0 Å². The maximum absolute atomic E-state index is 14.6. The Bertz CT molecular complexity index is 1390. The molecule has 2 aliphatic heterocycles. The second kappa shape index (κ2) is 8.58. The van der Waals surface area contributed by atoms with Crippen molar-refractivity contribution in [3.05, 3.63) is 69.5 Å². The van der Waals surface area contributed by atoms with Crippen LogP contribution in [0, 0.1) is 35.9 Å². The van der Waals surface area contributed by atoms with Crippen LogP contribution in [0.3, 0.4) is 0 Å². The van der Waals surface area contributed by atoms with Gasteiger partial charge in [0.05, 0.1) is 23.0 Å². The molecule has 2 saturated heterocycles. The van der Waals surface area contributed by atoms with Crippen LogP contribution in [-0.4, -0.2) is 40.7 Å². The van der Waals surface area contributed by atoms with Crippen molar-refractivity contribution >= 4 is 5.82 Å². The van der Waals surface area contributed by atoms with Crippen molar-refractivity contribution < 1.29 is 4.39 Å². The molecule has 0 spiro atoms. The van der Waals surface area contributed by atoms with Crippen LogP contribution in [0.15, 0.2) is 41.3 Å². The first-order chi connectivity index (χ1) is 17.0. The minimum absolute atomic E-state index is 0.0405. The number of piperidine rings is 1. The molecule has 3 aliphatic rings. The number of nitriles is 1. The Kier molecular flexibility index (Phi) is 5.37. The Hall–Kier alpha value is -3.57. The van der Waals surface area contributed by atoms with Crippen LogP contribution >= 0.6 is 0 Å². The third-order valence-corrected chi connectivity index (χ3v) is 7.66. The number of rotatable bonds is 4. The third-order valence-electron chi connectivity index (χ3n) is 7.66. The van der Waals surface area contributed by atoms with Gasteiger partial charge in [-0.05, 0) is 81.4 Å². The van der Waals surface area contributed by atoms with Crippen molar-refractivity contribution in [3.63, 3.8) is 0 Å². The largest absolute Gasteiger partial charge is 0.356 e. The maximum Gasteiger partial charge on any atom is 0.263 e. The molecule has 0 amide bonds. The molecule has 2 unspecified atom stereocenters.